The van der Waals surface area contributed by atoms with Gasteiger partial charge in [-0.05, 0) is 6.92 Å². The van der Waals surface area contributed by atoms with Crippen molar-refractivity contribution in [2.45, 2.75) is 20.3 Å². The van der Waals surface area contributed by atoms with Crippen molar-refractivity contribution in [1.29, 1.82) is 0 Å². The monoisotopic (exact) mass is 299 g/mol. The predicted octanol–water partition coefficient (Wildman–Crippen LogP) is 0.988. The maximum absolute atomic E-state index is 5.82. The van der Waals surface area contributed by atoms with Crippen LogP contribution in [0.3, 0.4) is 0 Å². The van der Waals surface area contributed by atoms with Crippen LogP contribution in [0.25, 0.3) is 0 Å². The Bertz CT molecular complexity index is 415. The Labute approximate surface area is 125 Å². The Morgan fingerprint density at radius 1 is 0.952 bits per heavy atom. The molecule has 0 fully saturated rings. The predicted molar refractivity (Wildman–Crippen MR) is 79.6 cm³/mol. The summed E-state index contributed by atoms with van der Waals surface area (Å²) in [4.78, 5) is 8.49. The Hall–Kier alpha value is -1.44. The van der Waals surface area contributed by atoms with Crippen molar-refractivity contribution in [2.24, 2.45) is 0 Å². The number of ether oxygens (including phenoxy) is 4. The number of hydrogen-bond donors (Lipinski definition) is 1. The van der Waals surface area contributed by atoms with Gasteiger partial charge in [-0.15, -0.1) is 0 Å². The maximum Gasteiger partial charge on any atom is 0.221 e. The highest BCUT2D eigenvalue weighted by atomic mass is 16.6. The number of aryl methyl sites for hydroxylation is 1. The lowest BCUT2D eigenvalue weighted by Crippen LogP contribution is -2.14. The van der Waals surface area contributed by atoms with Gasteiger partial charge in [0.05, 0.1) is 38.6 Å². The first-order valence-electron chi connectivity index (χ1n) is 7.09. The first-order valence-corrected chi connectivity index (χ1v) is 7.09. The van der Waals surface area contributed by atoms with Crippen LogP contribution in [0.1, 0.15) is 18.3 Å². The Kier molecular flexibility index (Phi) is 8.65. The fourth-order valence-electron chi connectivity index (χ4n) is 1.52. The van der Waals surface area contributed by atoms with Crippen molar-refractivity contribution in [1.82, 2.24) is 9.97 Å². The zero-order chi connectivity index (χ0) is 15.5. The van der Waals surface area contributed by atoms with Gasteiger partial charge in [0.1, 0.15) is 18.2 Å². The molecule has 0 amide bonds. The minimum absolute atomic E-state index is 0.415. The summed E-state index contributed by atoms with van der Waals surface area (Å²) in [7, 11) is 1.64. The third-order valence-corrected chi connectivity index (χ3v) is 2.77. The molecule has 0 spiro atoms. The van der Waals surface area contributed by atoms with E-state index in [0.29, 0.717) is 57.2 Å². The summed E-state index contributed by atoms with van der Waals surface area (Å²) in [5.74, 6) is 1.67. The molecule has 21 heavy (non-hydrogen) atoms. The third kappa shape index (κ3) is 6.70. The van der Waals surface area contributed by atoms with Gasteiger partial charge in [-0.25, -0.2) is 4.98 Å². The smallest absolute Gasteiger partial charge is 0.221 e. The van der Waals surface area contributed by atoms with Gasteiger partial charge in [-0.2, -0.15) is 4.98 Å². The topological polar surface area (TPSA) is 88.7 Å². The Morgan fingerprint density at radius 2 is 1.57 bits per heavy atom. The van der Waals surface area contributed by atoms with E-state index in [1.165, 1.54) is 0 Å². The summed E-state index contributed by atoms with van der Waals surface area (Å²) in [6.07, 6.45) is 0.718. The van der Waals surface area contributed by atoms with E-state index in [4.69, 9.17) is 24.7 Å². The average Bonchev–Trinajstić information content (AvgIpc) is 2.49. The van der Waals surface area contributed by atoms with Crippen LogP contribution in [-0.4, -0.2) is 56.7 Å². The molecule has 0 aliphatic carbocycles. The molecule has 7 heteroatoms. The number of nitrogens with zero attached hydrogens (tertiary/aromatic N) is 2. The molecular weight excluding hydrogens is 274 g/mol. The van der Waals surface area contributed by atoms with E-state index in [0.717, 1.165) is 12.0 Å². The van der Waals surface area contributed by atoms with Crippen LogP contribution < -0.4 is 10.5 Å². The minimum atomic E-state index is 0.415. The van der Waals surface area contributed by atoms with Crippen molar-refractivity contribution in [2.75, 3.05) is 52.5 Å². The normalized spacial score (nSPS) is 10.8. The second-order valence-corrected chi connectivity index (χ2v) is 4.37. The van der Waals surface area contributed by atoms with Gasteiger partial charge in [-0.3, -0.25) is 0 Å². The van der Waals surface area contributed by atoms with Crippen LogP contribution in [0.4, 0.5) is 5.82 Å². The van der Waals surface area contributed by atoms with Gasteiger partial charge < -0.3 is 24.7 Å². The lowest BCUT2D eigenvalue weighted by molar-refractivity contribution is 0.0176. The van der Waals surface area contributed by atoms with Crippen LogP contribution in [-0.2, 0) is 20.6 Å². The molecule has 120 valence electrons. The van der Waals surface area contributed by atoms with Gasteiger partial charge in [0.2, 0.25) is 5.88 Å². The molecule has 0 aliphatic heterocycles. The number of nitrogen functional groups attached to an aromatic ring is 1. The molecule has 0 saturated carbocycles. The lowest BCUT2D eigenvalue weighted by Gasteiger charge is -2.11. The molecule has 0 saturated heterocycles. The van der Waals surface area contributed by atoms with E-state index >= 15 is 0 Å². The number of rotatable bonds is 11. The number of hydrogen-bond acceptors (Lipinski definition) is 7. The summed E-state index contributed by atoms with van der Waals surface area (Å²) < 4.78 is 21.1. The second-order valence-electron chi connectivity index (χ2n) is 4.37. The molecule has 0 aliphatic rings. The van der Waals surface area contributed by atoms with Gasteiger partial charge >= 0.3 is 0 Å². The molecule has 0 aromatic carbocycles. The minimum Gasteiger partial charge on any atom is -0.475 e. The van der Waals surface area contributed by atoms with Gasteiger partial charge in [0, 0.05) is 13.5 Å². The van der Waals surface area contributed by atoms with Gasteiger partial charge in [0.25, 0.3) is 0 Å². The number of aromatic nitrogens is 2. The fraction of sp³-hybridized carbons (Fsp3) is 0.714. The second kappa shape index (κ2) is 10.3. The fourth-order valence-corrected chi connectivity index (χ4v) is 1.52. The molecule has 1 rings (SSSR count). The summed E-state index contributed by atoms with van der Waals surface area (Å²) in [5.41, 5.74) is 6.58. The van der Waals surface area contributed by atoms with Crippen molar-refractivity contribution in [3.05, 3.63) is 11.4 Å². The van der Waals surface area contributed by atoms with Gasteiger partial charge in [0.15, 0.2) is 0 Å². The lowest BCUT2D eigenvalue weighted by atomic mass is 10.3. The highest BCUT2D eigenvalue weighted by Crippen LogP contribution is 2.19. The van der Waals surface area contributed by atoms with Crippen molar-refractivity contribution in [3.63, 3.8) is 0 Å². The summed E-state index contributed by atoms with van der Waals surface area (Å²) in [6.45, 7) is 6.94. The Balaban J connectivity index is 2.19. The molecule has 1 aromatic heterocycles. The van der Waals surface area contributed by atoms with Crippen molar-refractivity contribution < 1.29 is 18.9 Å². The largest absolute Gasteiger partial charge is 0.475 e. The molecule has 0 atom stereocenters. The van der Waals surface area contributed by atoms with E-state index in [1.807, 2.05) is 13.8 Å². The van der Waals surface area contributed by atoms with E-state index in [2.05, 4.69) is 9.97 Å². The molecule has 1 aromatic rings. The average molecular weight is 299 g/mol. The van der Waals surface area contributed by atoms with Crippen LogP contribution in [0.15, 0.2) is 0 Å². The first kappa shape index (κ1) is 17.6. The number of anilines is 1. The zero-order valence-electron chi connectivity index (χ0n) is 13.1. The van der Waals surface area contributed by atoms with Crippen LogP contribution >= 0.6 is 0 Å². The summed E-state index contributed by atoms with van der Waals surface area (Å²) in [5, 5.41) is 0. The Morgan fingerprint density at radius 3 is 2.19 bits per heavy atom. The van der Waals surface area contributed by atoms with E-state index in [-0.39, 0.29) is 0 Å². The molecule has 0 radical (unpaired) electrons. The quantitative estimate of drug-likeness (QED) is 0.609. The zero-order valence-corrected chi connectivity index (χ0v) is 13.1. The molecular formula is C14H25N3O4. The maximum atomic E-state index is 5.82. The molecule has 7 nitrogen and oxygen atoms in total. The third-order valence-electron chi connectivity index (χ3n) is 2.77. The molecule has 0 unspecified atom stereocenters. The van der Waals surface area contributed by atoms with Gasteiger partial charge in [-0.1, -0.05) is 6.92 Å². The van der Waals surface area contributed by atoms with E-state index in [1.54, 1.807) is 7.11 Å². The molecule has 2 N–H and O–H groups in total. The number of methoxy groups -OCH3 is 1. The SMILES string of the molecule is CCc1nc(N)c(C)c(OCCOCCOCCOC)n1. The van der Waals surface area contributed by atoms with Crippen LogP contribution in [0.5, 0.6) is 5.88 Å². The standard InChI is InChI=1S/C14H25N3O4/c1-4-12-16-13(15)11(2)14(17-12)21-10-9-20-8-7-19-6-5-18-3/h4-10H2,1-3H3,(H2,15,16,17). The first-order chi connectivity index (χ1) is 10.2. The highest BCUT2D eigenvalue weighted by molar-refractivity contribution is 5.44. The summed E-state index contributed by atoms with van der Waals surface area (Å²) >= 11 is 0. The molecule has 0 bridgehead atoms. The van der Waals surface area contributed by atoms with Crippen LogP contribution in [0, 0.1) is 6.92 Å². The van der Waals surface area contributed by atoms with E-state index in [9.17, 15) is 0 Å². The summed E-state index contributed by atoms with van der Waals surface area (Å²) in [6, 6.07) is 0. The number of nitrogens with two attached hydrogens (primary N) is 1. The molecule has 1 heterocycles. The van der Waals surface area contributed by atoms with Crippen LogP contribution in [0.2, 0.25) is 0 Å². The van der Waals surface area contributed by atoms with Crippen molar-refractivity contribution >= 4 is 5.82 Å². The van der Waals surface area contributed by atoms with Crippen molar-refractivity contribution in [3.8, 4) is 5.88 Å². The highest BCUT2D eigenvalue weighted by Gasteiger charge is 2.08. The van der Waals surface area contributed by atoms with E-state index < -0.39 is 0 Å².